The van der Waals surface area contributed by atoms with Crippen LogP contribution < -0.4 is 27.6 Å². The molecule has 2 rings (SSSR count). The first-order valence-corrected chi connectivity index (χ1v) is 4.89. The summed E-state index contributed by atoms with van der Waals surface area (Å²) >= 11 is 0. The van der Waals surface area contributed by atoms with Gasteiger partial charge in [-0.15, -0.1) is 0 Å². The minimum absolute atomic E-state index is 0.0666. The summed E-state index contributed by atoms with van der Waals surface area (Å²) in [5.41, 5.74) is 9.79. The lowest BCUT2D eigenvalue weighted by atomic mass is 10.1. The molecule has 6 heteroatoms. The topological polar surface area (TPSA) is 98.2 Å². The summed E-state index contributed by atoms with van der Waals surface area (Å²) in [7, 11) is 0. The van der Waals surface area contributed by atoms with E-state index < -0.39 is 16.7 Å². The largest absolute Gasteiger partial charge is 0.394 e. The molecule has 0 amide bonds. The summed E-state index contributed by atoms with van der Waals surface area (Å²) in [6.45, 7) is 0.246. The Morgan fingerprint density at radius 2 is 1.94 bits per heavy atom. The summed E-state index contributed by atoms with van der Waals surface area (Å²) in [6, 6.07) is 4.23. The third-order valence-corrected chi connectivity index (χ3v) is 2.47. The van der Waals surface area contributed by atoms with Crippen molar-refractivity contribution < 1.29 is 4.39 Å². The van der Waals surface area contributed by atoms with E-state index in [-0.39, 0.29) is 23.6 Å². The third-order valence-electron chi connectivity index (χ3n) is 2.47. The maximum absolute atomic E-state index is 13.4. The van der Waals surface area contributed by atoms with E-state index in [0.29, 0.717) is 5.56 Å². The Bertz CT molecular complexity index is 644. The van der Waals surface area contributed by atoms with Gasteiger partial charge >= 0.3 is 0 Å². The maximum Gasteiger partial charge on any atom is 0.253 e. The molecule has 2 aromatic rings. The first kappa shape index (κ1) is 11.3. The molecule has 0 radical (unpaired) electrons. The van der Waals surface area contributed by atoms with Gasteiger partial charge in [-0.2, -0.15) is 0 Å². The molecular weight excluding hydrogens is 225 g/mol. The van der Waals surface area contributed by atoms with E-state index in [1.165, 1.54) is 18.2 Å². The molecule has 88 valence electrons. The van der Waals surface area contributed by atoms with E-state index in [1.807, 2.05) is 0 Å². The quantitative estimate of drug-likeness (QED) is 0.660. The highest BCUT2D eigenvalue weighted by atomic mass is 19.1. The highest BCUT2D eigenvalue weighted by Crippen LogP contribution is 2.22. The zero-order valence-electron chi connectivity index (χ0n) is 8.79. The van der Waals surface area contributed by atoms with Crippen LogP contribution in [-0.4, -0.2) is 0 Å². The highest BCUT2D eigenvalue weighted by Gasteiger charge is 2.18. The molecule has 0 aromatic heterocycles. The Hall–Kier alpha value is -2.21. The van der Waals surface area contributed by atoms with E-state index >= 15 is 0 Å². The molecular formula is C11H10FN3O2. The Labute approximate surface area is 95.6 Å². The highest BCUT2D eigenvalue weighted by molar-refractivity contribution is 5.76. The molecule has 0 unspecified atom stereocenters. The van der Waals surface area contributed by atoms with Crippen molar-refractivity contribution in [1.82, 2.24) is 0 Å². The van der Waals surface area contributed by atoms with Crippen molar-refractivity contribution in [3.05, 3.63) is 50.0 Å². The Morgan fingerprint density at radius 1 is 1.24 bits per heavy atom. The van der Waals surface area contributed by atoms with Gasteiger partial charge in [-0.25, -0.2) is 4.39 Å². The van der Waals surface area contributed by atoms with Crippen LogP contribution in [-0.2, 0) is 6.54 Å². The fourth-order valence-electron chi connectivity index (χ4n) is 1.46. The van der Waals surface area contributed by atoms with Crippen molar-refractivity contribution in [2.75, 3.05) is 11.1 Å². The molecule has 0 atom stereocenters. The average Bonchev–Trinajstić information content (AvgIpc) is 2.36. The predicted octanol–water partition coefficient (Wildman–Crippen LogP) is 0.206. The predicted molar refractivity (Wildman–Crippen MR) is 63.3 cm³/mol. The lowest BCUT2D eigenvalue weighted by Crippen LogP contribution is -2.36. The lowest BCUT2D eigenvalue weighted by molar-refractivity contribution is 0.631. The molecule has 0 spiro atoms. The van der Waals surface area contributed by atoms with Crippen molar-refractivity contribution in [3.8, 4) is 0 Å². The van der Waals surface area contributed by atoms with Gasteiger partial charge in [0.2, 0.25) is 0 Å². The normalized spacial score (nSPS) is 10.7. The van der Waals surface area contributed by atoms with Gasteiger partial charge in [0.15, 0.2) is 0 Å². The van der Waals surface area contributed by atoms with Gasteiger partial charge in [-0.1, -0.05) is 6.07 Å². The van der Waals surface area contributed by atoms with E-state index in [1.54, 1.807) is 0 Å². The van der Waals surface area contributed by atoms with Crippen LogP contribution in [0.25, 0.3) is 0 Å². The number of nitrogen functional groups attached to an aromatic ring is 1. The molecule has 5 N–H and O–H groups in total. The van der Waals surface area contributed by atoms with Gasteiger partial charge in [0.1, 0.15) is 17.2 Å². The van der Waals surface area contributed by atoms with E-state index in [2.05, 4.69) is 5.32 Å². The number of nitrogens with two attached hydrogens (primary N) is 2. The molecule has 0 heterocycles. The second-order valence-electron chi connectivity index (χ2n) is 3.59. The molecule has 0 aliphatic heterocycles. The zero-order chi connectivity index (χ0) is 12.6. The maximum atomic E-state index is 13.4. The minimum atomic E-state index is -0.747. The minimum Gasteiger partial charge on any atom is -0.394 e. The molecule has 0 bridgehead atoms. The van der Waals surface area contributed by atoms with E-state index in [4.69, 9.17) is 11.5 Å². The van der Waals surface area contributed by atoms with Gasteiger partial charge in [-0.3, -0.25) is 9.59 Å². The fraction of sp³-hybridized carbons (Fsp3) is 0.0909. The van der Waals surface area contributed by atoms with Crippen molar-refractivity contribution in [2.45, 2.75) is 6.54 Å². The summed E-state index contributed by atoms with van der Waals surface area (Å²) in [5, 5.41) is 2.50. The van der Waals surface area contributed by atoms with Gasteiger partial charge < -0.3 is 16.8 Å². The Kier molecular flexibility index (Phi) is 2.64. The van der Waals surface area contributed by atoms with Crippen LogP contribution in [0.5, 0.6) is 0 Å². The number of halogens is 1. The van der Waals surface area contributed by atoms with E-state index in [9.17, 15) is 14.0 Å². The number of benzene rings is 1. The summed E-state index contributed by atoms with van der Waals surface area (Å²) in [5.74, 6) is -0.547. The van der Waals surface area contributed by atoms with Crippen LogP contribution in [0.15, 0.2) is 27.8 Å². The second kappa shape index (κ2) is 3.99. The number of hydrogen-bond donors (Lipinski definition) is 3. The van der Waals surface area contributed by atoms with Crippen LogP contribution >= 0.6 is 0 Å². The zero-order valence-corrected chi connectivity index (χ0v) is 8.79. The van der Waals surface area contributed by atoms with Gasteiger partial charge in [0, 0.05) is 6.54 Å². The lowest BCUT2D eigenvalue weighted by Gasteiger charge is -2.11. The fourth-order valence-corrected chi connectivity index (χ4v) is 1.46. The second-order valence-corrected chi connectivity index (χ2v) is 3.59. The summed E-state index contributed by atoms with van der Waals surface area (Å²) in [4.78, 5) is 22.0. The van der Waals surface area contributed by atoms with Gasteiger partial charge in [-0.05, 0) is 17.7 Å². The van der Waals surface area contributed by atoms with Crippen molar-refractivity contribution >= 4 is 17.1 Å². The van der Waals surface area contributed by atoms with Crippen LogP contribution in [0.3, 0.4) is 0 Å². The smallest absolute Gasteiger partial charge is 0.253 e. The Balaban J connectivity index is 2.37. The standard InChI is InChI=1S/C11H10FN3O2/c12-6-2-1-5(4-13)3-7(6)15-9-8(14)10(16)11(9)17/h1-3,15H,4,13-14H2. The molecule has 0 saturated carbocycles. The van der Waals surface area contributed by atoms with Crippen LogP contribution in [0.2, 0.25) is 0 Å². The summed E-state index contributed by atoms with van der Waals surface area (Å²) < 4.78 is 13.4. The monoisotopic (exact) mass is 235 g/mol. The number of rotatable bonds is 3. The molecule has 0 fully saturated rings. The van der Waals surface area contributed by atoms with Gasteiger partial charge in [0.05, 0.1) is 5.69 Å². The molecule has 0 aliphatic carbocycles. The van der Waals surface area contributed by atoms with Crippen LogP contribution in [0.4, 0.5) is 21.5 Å². The SMILES string of the molecule is NCc1ccc(F)c(Nc2c(N)c(=O)c2=O)c1. The number of anilines is 3. The van der Waals surface area contributed by atoms with Crippen molar-refractivity contribution in [2.24, 2.45) is 5.73 Å². The molecule has 17 heavy (non-hydrogen) atoms. The average molecular weight is 235 g/mol. The van der Waals surface area contributed by atoms with Crippen LogP contribution in [0.1, 0.15) is 5.56 Å². The number of hydrogen-bond acceptors (Lipinski definition) is 5. The first-order valence-electron chi connectivity index (χ1n) is 4.89. The first-order chi connectivity index (χ1) is 8.04. The molecule has 2 aromatic carbocycles. The summed E-state index contributed by atoms with van der Waals surface area (Å²) in [6.07, 6.45) is 0. The van der Waals surface area contributed by atoms with Crippen molar-refractivity contribution in [1.29, 1.82) is 0 Å². The molecule has 0 saturated heterocycles. The van der Waals surface area contributed by atoms with E-state index in [0.717, 1.165) is 0 Å². The van der Waals surface area contributed by atoms with Crippen LogP contribution in [0, 0.1) is 5.82 Å². The van der Waals surface area contributed by atoms with Gasteiger partial charge in [0.25, 0.3) is 10.9 Å². The third kappa shape index (κ3) is 1.78. The molecule has 5 nitrogen and oxygen atoms in total. The van der Waals surface area contributed by atoms with Crippen molar-refractivity contribution in [3.63, 3.8) is 0 Å². The number of nitrogens with one attached hydrogen (secondary N) is 1. The molecule has 0 aliphatic rings. The Morgan fingerprint density at radius 3 is 2.53 bits per heavy atom.